The van der Waals surface area contributed by atoms with E-state index in [1.54, 1.807) is 24.3 Å². The molecule has 0 aliphatic rings. The standard InChI is InChI=1S/C34H41N3O7S/c1-5-37-30(38)27-21-24-11-7-8-12-25(24)22-28(27)36-32(37)45-29(31(39)40)23-13-15-26(16-14-23)43-19-10-6-9-18-42-20-17-35-33(41)44-34(2,3)4/h7-8,11-16,21-22,29H,5-6,9-10,17-20H2,1-4H3,(H,35,41)(H,39,40). The minimum Gasteiger partial charge on any atom is -0.494 e. The zero-order chi connectivity index (χ0) is 32.4. The minimum absolute atomic E-state index is 0.189. The predicted octanol–water partition coefficient (Wildman–Crippen LogP) is 6.58. The van der Waals surface area contributed by atoms with Gasteiger partial charge in [0.2, 0.25) is 0 Å². The summed E-state index contributed by atoms with van der Waals surface area (Å²) in [6, 6.07) is 18.5. The lowest BCUT2D eigenvalue weighted by Gasteiger charge is -2.19. The van der Waals surface area contributed by atoms with E-state index in [1.165, 1.54) is 4.57 Å². The number of alkyl carbamates (subject to hydrolysis) is 1. The van der Waals surface area contributed by atoms with Crippen LogP contribution in [-0.4, -0.2) is 58.7 Å². The molecule has 240 valence electrons. The lowest BCUT2D eigenvalue weighted by molar-refractivity contribution is -0.136. The summed E-state index contributed by atoms with van der Waals surface area (Å²) < 4.78 is 18.1. The number of aromatic nitrogens is 2. The molecule has 0 saturated heterocycles. The van der Waals surface area contributed by atoms with E-state index >= 15 is 0 Å². The minimum atomic E-state index is -1.02. The normalized spacial score (nSPS) is 12.3. The van der Waals surface area contributed by atoms with Crippen molar-refractivity contribution in [1.82, 2.24) is 14.9 Å². The van der Waals surface area contributed by atoms with E-state index in [-0.39, 0.29) is 5.56 Å². The van der Waals surface area contributed by atoms with Crippen LogP contribution in [-0.2, 0) is 20.8 Å². The molecule has 45 heavy (non-hydrogen) atoms. The van der Waals surface area contributed by atoms with Crippen molar-refractivity contribution in [3.8, 4) is 5.75 Å². The number of carbonyl (C=O) groups excluding carboxylic acids is 1. The molecule has 1 aromatic heterocycles. The third-order valence-electron chi connectivity index (χ3n) is 6.85. The van der Waals surface area contributed by atoms with E-state index in [0.717, 1.165) is 41.8 Å². The summed E-state index contributed by atoms with van der Waals surface area (Å²) >= 11 is 1.05. The number of ether oxygens (including phenoxy) is 3. The Morgan fingerprint density at radius 1 is 0.978 bits per heavy atom. The molecule has 11 heteroatoms. The molecule has 0 radical (unpaired) electrons. The molecule has 0 fully saturated rings. The van der Waals surface area contributed by atoms with Crippen molar-refractivity contribution < 1.29 is 28.9 Å². The first kappa shape index (κ1) is 33.8. The second-order valence-corrected chi connectivity index (χ2v) is 12.6. The van der Waals surface area contributed by atoms with Crippen molar-refractivity contribution in [3.05, 3.63) is 76.6 Å². The van der Waals surface area contributed by atoms with Crippen molar-refractivity contribution in [3.63, 3.8) is 0 Å². The zero-order valence-electron chi connectivity index (χ0n) is 26.2. The topological polar surface area (TPSA) is 129 Å². The van der Waals surface area contributed by atoms with Crippen molar-refractivity contribution in [1.29, 1.82) is 0 Å². The third kappa shape index (κ3) is 9.70. The van der Waals surface area contributed by atoms with Gasteiger partial charge in [0.25, 0.3) is 5.56 Å². The maximum absolute atomic E-state index is 13.4. The number of aliphatic carboxylic acids is 1. The maximum atomic E-state index is 13.4. The molecule has 1 amide bonds. The van der Waals surface area contributed by atoms with Crippen LogP contribution in [0.15, 0.2) is 70.6 Å². The largest absolute Gasteiger partial charge is 0.494 e. The Bertz CT molecular complexity index is 1670. The summed E-state index contributed by atoms with van der Waals surface area (Å²) in [6.45, 7) is 9.59. The Morgan fingerprint density at radius 3 is 2.33 bits per heavy atom. The number of carboxylic acid groups (broad SMARTS) is 1. The van der Waals surface area contributed by atoms with E-state index < -0.39 is 22.9 Å². The Balaban J connectivity index is 1.26. The highest BCUT2D eigenvalue weighted by Crippen LogP contribution is 2.36. The van der Waals surface area contributed by atoms with Crippen LogP contribution in [0.25, 0.3) is 21.7 Å². The number of nitrogens with zero attached hydrogens (tertiary/aromatic N) is 2. The van der Waals surface area contributed by atoms with Gasteiger partial charge in [-0.3, -0.25) is 14.2 Å². The molecule has 1 atom stereocenters. The fourth-order valence-corrected chi connectivity index (χ4v) is 5.77. The predicted molar refractivity (Wildman–Crippen MR) is 176 cm³/mol. The van der Waals surface area contributed by atoms with Gasteiger partial charge in [0, 0.05) is 19.7 Å². The van der Waals surface area contributed by atoms with Crippen molar-refractivity contribution in [2.24, 2.45) is 0 Å². The van der Waals surface area contributed by atoms with Gasteiger partial charge in [-0.1, -0.05) is 48.2 Å². The van der Waals surface area contributed by atoms with E-state index in [1.807, 2.05) is 64.1 Å². The SMILES string of the molecule is CCn1c(SC(C(=O)O)c2ccc(OCCCCCOCCNC(=O)OC(C)(C)C)cc2)nc2cc3ccccc3cc2c1=O. The van der Waals surface area contributed by atoms with Crippen LogP contribution >= 0.6 is 11.8 Å². The van der Waals surface area contributed by atoms with Crippen molar-refractivity contribution in [2.75, 3.05) is 26.4 Å². The Kier molecular flexibility index (Phi) is 11.8. The molecule has 1 unspecified atom stereocenters. The number of amides is 1. The number of thioether (sulfide) groups is 1. The van der Waals surface area contributed by atoms with Gasteiger partial charge in [-0.05, 0) is 87.6 Å². The lowest BCUT2D eigenvalue weighted by atomic mass is 10.1. The summed E-state index contributed by atoms with van der Waals surface area (Å²) in [6.07, 6.45) is 2.18. The number of hydrogen-bond donors (Lipinski definition) is 2. The summed E-state index contributed by atoms with van der Waals surface area (Å²) in [5, 5.41) is 14.6. The molecule has 1 heterocycles. The number of fused-ring (bicyclic) bond motifs is 2. The fourth-order valence-electron chi connectivity index (χ4n) is 4.68. The van der Waals surface area contributed by atoms with Gasteiger partial charge >= 0.3 is 12.1 Å². The quantitative estimate of drug-likeness (QED) is 0.0644. The van der Waals surface area contributed by atoms with E-state index in [0.29, 0.717) is 60.3 Å². The summed E-state index contributed by atoms with van der Waals surface area (Å²) in [4.78, 5) is 42.0. The highest BCUT2D eigenvalue weighted by atomic mass is 32.2. The second-order valence-electron chi connectivity index (χ2n) is 11.5. The van der Waals surface area contributed by atoms with Gasteiger partial charge in [0.1, 0.15) is 16.6 Å². The summed E-state index contributed by atoms with van der Waals surface area (Å²) in [7, 11) is 0. The molecule has 10 nitrogen and oxygen atoms in total. The van der Waals surface area contributed by atoms with E-state index in [2.05, 4.69) is 5.32 Å². The highest BCUT2D eigenvalue weighted by molar-refractivity contribution is 8.00. The molecular formula is C34H41N3O7S. The van der Waals surface area contributed by atoms with Crippen molar-refractivity contribution >= 4 is 45.5 Å². The lowest BCUT2D eigenvalue weighted by Crippen LogP contribution is -2.34. The van der Waals surface area contributed by atoms with Crippen molar-refractivity contribution in [2.45, 2.75) is 69.5 Å². The van der Waals surface area contributed by atoms with Crippen LogP contribution in [0.4, 0.5) is 4.79 Å². The molecule has 3 aromatic carbocycles. The highest BCUT2D eigenvalue weighted by Gasteiger charge is 2.25. The Morgan fingerprint density at radius 2 is 1.67 bits per heavy atom. The van der Waals surface area contributed by atoms with E-state index in [4.69, 9.17) is 19.2 Å². The number of rotatable bonds is 15. The second kappa shape index (κ2) is 15.8. The molecular weight excluding hydrogens is 594 g/mol. The van der Waals surface area contributed by atoms with Crippen LogP contribution in [0.3, 0.4) is 0 Å². The number of carboxylic acids is 1. The number of nitrogens with one attached hydrogen (secondary N) is 1. The Hall–Kier alpha value is -4.09. The van der Waals surface area contributed by atoms with E-state index in [9.17, 15) is 19.5 Å². The number of hydrogen-bond acceptors (Lipinski definition) is 8. The Labute approximate surface area is 267 Å². The maximum Gasteiger partial charge on any atom is 0.407 e. The molecule has 2 N–H and O–H groups in total. The molecule has 0 saturated carbocycles. The summed E-state index contributed by atoms with van der Waals surface area (Å²) in [5.41, 5.74) is 0.406. The van der Waals surface area contributed by atoms with Gasteiger partial charge in [-0.2, -0.15) is 0 Å². The summed E-state index contributed by atoms with van der Waals surface area (Å²) in [5.74, 6) is -0.370. The average molecular weight is 636 g/mol. The number of benzene rings is 3. The molecule has 4 rings (SSSR count). The molecule has 0 aliphatic carbocycles. The molecule has 0 spiro atoms. The van der Waals surface area contributed by atoms with Crippen LogP contribution in [0.1, 0.15) is 57.8 Å². The number of unbranched alkanes of at least 4 members (excludes halogenated alkanes) is 2. The first-order valence-corrected chi connectivity index (χ1v) is 16.0. The van der Waals surface area contributed by atoms with Crippen LogP contribution in [0.5, 0.6) is 5.75 Å². The van der Waals surface area contributed by atoms with Gasteiger partial charge < -0.3 is 24.6 Å². The van der Waals surface area contributed by atoms with Gasteiger partial charge in [-0.15, -0.1) is 0 Å². The smallest absolute Gasteiger partial charge is 0.407 e. The van der Waals surface area contributed by atoms with Crippen LogP contribution in [0, 0.1) is 0 Å². The van der Waals surface area contributed by atoms with Gasteiger partial charge in [0.15, 0.2) is 5.16 Å². The molecule has 0 aliphatic heterocycles. The molecule has 4 aromatic rings. The monoisotopic (exact) mass is 635 g/mol. The van der Waals surface area contributed by atoms with Gasteiger partial charge in [-0.25, -0.2) is 9.78 Å². The first-order chi connectivity index (χ1) is 21.6. The zero-order valence-corrected chi connectivity index (χ0v) is 27.0. The van der Waals surface area contributed by atoms with Crippen LogP contribution in [0.2, 0.25) is 0 Å². The van der Waals surface area contributed by atoms with Gasteiger partial charge in [0.05, 0.1) is 24.1 Å². The van der Waals surface area contributed by atoms with Crippen LogP contribution < -0.4 is 15.6 Å². The fraction of sp³-hybridized carbons (Fsp3) is 0.412. The molecule has 0 bridgehead atoms. The number of carbonyl (C=O) groups is 2. The third-order valence-corrected chi connectivity index (χ3v) is 8.08. The average Bonchev–Trinajstić information content (AvgIpc) is 2.99. The first-order valence-electron chi connectivity index (χ1n) is 15.2.